The zero-order valence-corrected chi connectivity index (χ0v) is 10.5. The van der Waals surface area contributed by atoms with Gasteiger partial charge in [-0.1, -0.05) is 13.8 Å². The Morgan fingerprint density at radius 2 is 1.62 bits per heavy atom. The minimum Gasteiger partial charge on any atom is -0.480 e. The first-order valence-corrected chi connectivity index (χ1v) is 6.75. The molecule has 0 aliphatic heterocycles. The van der Waals surface area contributed by atoms with E-state index in [1.54, 1.807) is 13.8 Å². The lowest BCUT2D eigenvalue weighted by atomic mass is 10.0. The van der Waals surface area contributed by atoms with Crippen LogP contribution in [0.5, 0.6) is 0 Å². The zero-order valence-electron chi connectivity index (χ0n) is 9.72. The summed E-state index contributed by atoms with van der Waals surface area (Å²) in [5, 5.41) is 9.78. The highest BCUT2D eigenvalue weighted by Gasteiger charge is 2.29. The molecule has 94 valence electrons. The van der Waals surface area contributed by atoms with Gasteiger partial charge in [-0.25, -0.2) is 13.2 Å². The minimum atomic E-state index is -3.50. The molecule has 1 unspecified atom stereocenters. The molecule has 0 aromatic rings. The third kappa shape index (κ3) is 4.18. The molecule has 6 nitrogen and oxygen atoms in total. The molecular weight excluding hydrogens is 234 g/mol. The number of carboxylic acids is 1. The highest BCUT2D eigenvalue weighted by Crippen LogP contribution is 2.04. The van der Waals surface area contributed by atoms with Gasteiger partial charge in [-0.2, -0.15) is 0 Å². The van der Waals surface area contributed by atoms with E-state index in [2.05, 4.69) is 5.32 Å². The second-order valence-corrected chi connectivity index (χ2v) is 6.41. The van der Waals surface area contributed by atoms with Crippen LogP contribution in [0, 0.1) is 5.92 Å². The van der Waals surface area contributed by atoms with E-state index < -0.39 is 33.0 Å². The van der Waals surface area contributed by atoms with Crippen LogP contribution in [0.3, 0.4) is 0 Å². The maximum atomic E-state index is 11.5. The Kier molecular flexibility index (Phi) is 4.92. The fourth-order valence-corrected chi connectivity index (χ4v) is 1.44. The Hall–Kier alpha value is -1.11. The Bertz CT molecular complexity index is 373. The lowest BCUT2D eigenvalue weighted by Crippen LogP contribution is -2.49. The van der Waals surface area contributed by atoms with Crippen molar-refractivity contribution in [1.82, 2.24) is 5.32 Å². The second kappa shape index (κ2) is 5.29. The van der Waals surface area contributed by atoms with Crippen LogP contribution >= 0.6 is 0 Å². The summed E-state index contributed by atoms with van der Waals surface area (Å²) < 4.78 is 22.2. The monoisotopic (exact) mass is 251 g/mol. The standard InChI is InChI=1S/C9H17NO5S/c1-5(2)7(9(12)13)10-8(11)6(3)16(4,14)15/h5-7H,1-4H3,(H,10,11)(H,12,13)/t6?,7-/m0/s1. The number of carbonyl (C=O) groups is 2. The van der Waals surface area contributed by atoms with Gasteiger partial charge in [-0.05, 0) is 12.8 Å². The van der Waals surface area contributed by atoms with Crippen molar-refractivity contribution in [2.24, 2.45) is 5.92 Å². The van der Waals surface area contributed by atoms with Gasteiger partial charge >= 0.3 is 5.97 Å². The average molecular weight is 251 g/mol. The van der Waals surface area contributed by atoms with Gasteiger partial charge in [-0.3, -0.25) is 4.79 Å². The van der Waals surface area contributed by atoms with Gasteiger partial charge in [0.15, 0.2) is 9.84 Å². The van der Waals surface area contributed by atoms with Crippen molar-refractivity contribution in [2.75, 3.05) is 6.26 Å². The predicted molar refractivity (Wildman–Crippen MR) is 58.7 cm³/mol. The quantitative estimate of drug-likeness (QED) is 0.695. The summed E-state index contributed by atoms with van der Waals surface area (Å²) in [5.41, 5.74) is 0. The number of hydrogen-bond acceptors (Lipinski definition) is 4. The van der Waals surface area contributed by atoms with E-state index in [1.165, 1.54) is 6.92 Å². The Morgan fingerprint density at radius 3 is 1.88 bits per heavy atom. The molecule has 0 aromatic heterocycles. The van der Waals surface area contributed by atoms with Gasteiger partial charge in [0.1, 0.15) is 11.3 Å². The highest BCUT2D eigenvalue weighted by atomic mass is 32.2. The molecular formula is C9H17NO5S. The van der Waals surface area contributed by atoms with Crippen molar-refractivity contribution in [2.45, 2.75) is 32.1 Å². The van der Waals surface area contributed by atoms with E-state index >= 15 is 0 Å². The maximum absolute atomic E-state index is 11.5. The molecule has 0 radical (unpaired) electrons. The van der Waals surface area contributed by atoms with E-state index in [1.807, 2.05) is 0 Å². The first-order valence-electron chi connectivity index (χ1n) is 4.79. The number of hydrogen-bond donors (Lipinski definition) is 2. The lowest BCUT2D eigenvalue weighted by Gasteiger charge is -2.19. The van der Waals surface area contributed by atoms with Crippen LogP contribution in [-0.2, 0) is 19.4 Å². The minimum absolute atomic E-state index is 0.312. The SMILES string of the molecule is CC(C)[C@H](NC(=O)C(C)S(C)(=O)=O)C(=O)O. The number of amides is 1. The molecule has 0 aliphatic carbocycles. The topological polar surface area (TPSA) is 101 Å². The van der Waals surface area contributed by atoms with E-state index in [9.17, 15) is 18.0 Å². The third-order valence-corrected chi connectivity index (χ3v) is 3.74. The maximum Gasteiger partial charge on any atom is 0.326 e. The molecule has 1 amide bonds. The molecule has 0 bridgehead atoms. The first-order chi connectivity index (χ1) is 7.07. The molecule has 7 heteroatoms. The Balaban J connectivity index is 4.73. The number of rotatable bonds is 5. The molecule has 0 saturated carbocycles. The summed E-state index contributed by atoms with van der Waals surface area (Å²) in [7, 11) is -3.50. The molecule has 16 heavy (non-hydrogen) atoms. The fourth-order valence-electron chi connectivity index (χ4n) is 0.979. The van der Waals surface area contributed by atoms with Gasteiger partial charge in [0.2, 0.25) is 5.91 Å². The molecule has 0 heterocycles. The molecule has 0 fully saturated rings. The van der Waals surface area contributed by atoms with Crippen molar-refractivity contribution in [3.8, 4) is 0 Å². The summed E-state index contributed by atoms with van der Waals surface area (Å²) in [6.45, 7) is 4.48. The summed E-state index contributed by atoms with van der Waals surface area (Å²) >= 11 is 0. The van der Waals surface area contributed by atoms with E-state index in [4.69, 9.17) is 5.11 Å². The molecule has 2 N–H and O–H groups in total. The number of nitrogens with one attached hydrogen (secondary N) is 1. The summed E-state index contributed by atoms with van der Waals surface area (Å²) in [4.78, 5) is 22.2. The summed E-state index contributed by atoms with van der Waals surface area (Å²) in [5.74, 6) is -2.28. The van der Waals surface area contributed by atoms with Gasteiger partial charge < -0.3 is 10.4 Å². The number of sulfone groups is 1. The third-order valence-electron chi connectivity index (χ3n) is 2.24. The van der Waals surface area contributed by atoms with Crippen LogP contribution in [0.1, 0.15) is 20.8 Å². The first kappa shape index (κ1) is 14.9. The molecule has 0 aliphatic rings. The van der Waals surface area contributed by atoms with Crippen molar-refractivity contribution in [3.05, 3.63) is 0 Å². The van der Waals surface area contributed by atoms with Crippen LogP contribution in [0.15, 0.2) is 0 Å². The van der Waals surface area contributed by atoms with Gasteiger partial charge in [0.05, 0.1) is 0 Å². The number of aliphatic carboxylic acids is 1. The largest absolute Gasteiger partial charge is 0.480 e. The van der Waals surface area contributed by atoms with Crippen molar-refractivity contribution < 1.29 is 23.1 Å². The van der Waals surface area contributed by atoms with Gasteiger partial charge in [0, 0.05) is 6.26 Å². The van der Waals surface area contributed by atoms with Crippen molar-refractivity contribution in [1.29, 1.82) is 0 Å². The zero-order chi connectivity index (χ0) is 13.1. The van der Waals surface area contributed by atoms with E-state index in [0.717, 1.165) is 6.26 Å². The summed E-state index contributed by atoms with van der Waals surface area (Å²) in [6.07, 6.45) is 0.933. The molecule has 0 saturated heterocycles. The molecule has 0 spiro atoms. The number of carboxylic acid groups (broad SMARTS) is 1. The number of carbonyl (C=O) groups excluding carboxylic acids is 1. The van der Waals surface area contributed by atoms with Gasteiger partial charge in [-0.15, -0.1) is 0 Å². The fraction of sp³-hybridized carbons (Fsp3) is 0.778. The molecule has 2 atom stereocenters. The van der Waals surface area contributed by atoms with Gasteiger partial charge in [0.25, 0.3) is 0 Å². The van der Waals surface area contributed by atoms with Crippen LogP contribution in [0.25, 0.3) is 0 Å². The Morgan fingerprint density at radius 1 is 1.19 bits per heavy atom. The second-order valence-electron chi connectivity index (χ2n) is 4.04. The van der Waals surface area contributed by atoms with E-state index in [-0.39, 0.29) is 5.92 Å². The van der Waals surface area contributed by atoms with Crippen LogP contribution in [0.2, 0.25) is 0 Å². The summed E-state index contributed by atoms with van der Waals surface area (Å²) in [6, 6.07) is -1.07. The smallest absolute Gasteiger partial charge is 0.326 e. The Labute approximate surface area is 95.0 Å². The van der Waals surface area contributed by atoms with Crippen LogP contribution in [-0.4, -0.2) is 42.9 Å². The predicted octanol–water partition coefficient (Wildman–Crippen LogP) is -0.355. The average Bonchev–Trinajstić information content (AvgIpc) is 2.09. The van der Waals surface area contributed by atoms with Crippen LogP contribution in [0.4, 0.5) is 0 Å². The molecule has 0 rings (SSSR count). The lowest BCUT2D eigenvalue weighted by molar-refractivity contribution is -0.143. The van der Waals surface area contributed by atoms with Crippen molar-refractivity contribution >= 4 is 21.7 Å². The van der Waals surface area contributed by atoms with E-state index in [0.29, 0.717) is 0 Å². The highest BCUT2D eigenvalue weighted by molar-refractivity contribution is 7.92. The normalized spacial score (nSPS) is 15.6. The molecule has 0 aromatic carbocycles. The van der Waals surface area contributed by atoms with Crippen molar-refractivity contribution in [3.63, 3.8) is 0 Å². The van der Waals surface area contributed by atoms with Crippen LogP contribution < -0.4 is 5.32 Å².